The summed E-state index contributed by atoms with van der Waals surface area (Å²) in [6.45, 7) is 0. The highest BCUT2D eigenvalue weighted by atomic mass is 35.5. The van der Waals surface area contributed by atoms with Crippen molar-refractivity contribution in [1.82, 2.24) is 15.2 Å². The minimum atomic E-state index is -0.421. The zero-order valence-electron chi connectivity index (χ0n) is 7.44. The Morgan fingerprint density at radius 1 is 1.53 bits per heavy atom. The van der Waals surface area contributed by atoms with E-state index in [2.05, 4.69) is 20.2 Å². The van der Waals surface area contributed by atoms with Crippen LogP contribution in [0.1, 0.15) is 17.0 Å². The van der Waals surface area contributed by atoms with Crippen LogP contribution in [0.5, 0.6) is 0 Å². The van der Waals surface area contributed by atoms with Gasteiger partial charge in [-0.2, -0.15) is 5.10 Å². The third-order valence-corrected chi connectivity index (χ3v) is 2.39. The molecule has 0 bridgehead atoms. The molecule has 1 aromatic heterocycles. The number of nitrogens with one attached hydrogen (secondary N) is 1. The number of nitrogens with zero attached hydrogens (tertiary/aromatic N) is 3. The molecule has 1 N–H and O–H groups in total. The van der Waals surface area contributed by atoms with Crippen molar-refractivity contribution < 1.29 is 4.79 Å². The monoisotopic (exact) mass is 244 g/mol. The third kappa shape index (κ3) is 2.24. The van der Waals surface area contributed by atoms with E-state index in [1.54, 1.807) is 6.08 Å². The standard InChI is InChI=1S/C8H6Cl2N4O/c9-5-1-4(2-6(10)13-5)7(15)8-11-3-12-14-8/h1,3-4H,2H2,(H,11,12,14). The van der Waals surface area contributed by atoms with Crippen LogP contribution in [0.15, 0.2) is 22.6 Å². The molecule has 7 heteroatoms. The number of halogens is 2. The van der Waals surface area contributed by atoms with Crippen molar-refractivity contribution in [3.8, 4) is 0 Å². The summed E-state index contributed by atoms with van der Waals surface area (Å²) in [5.41, 5.74) is 0. The van der Waals surface area contributed by atoms with Gasteiger partial charge >= 0.3 is 0 Å². The average molecular weight is 245 g/mol. The van der Waals surface area contributed by atoms with Crippen LogP contribution >= 0.6 is 23.2 Å². The van der Waals surface area contributed by atoms with Crippen LogP contribution in [0, 0.1) is 5.92 Å². The Bertz CT molecular complexity index is 438. The number of allylic oxidation sites excluding steroid dienone is 1. The molecule has 15 heavy (non-hydrogen) atoms. The van der Waals surface area contributed by atoms with E-state index < -0.39 is 5.92 Å². The fraction of sp³-hybridized carbons (Fsp3) is 0.250. The summed E-state index contributed by atoms with van der Waals surface area (Å²) in [5.74, 6) is -0.416. The van der Waals surface area contributed by atoms with Gasteiger partial charge in [-0.15, -0.1) is 0 Å². The number of aromatic nitrogens is 3. The lowest BCUT2D eigenvalue weighted by Gasteiger charge is -2.12. The molecule has 0 aromatic carbocycles. The van der Waals surface area contributed by atoms with Gasteiger partial charge in [0.25, 0.3) is 0 Å². The molecule has 0 saturated heterocycles. The largest absolute Gasteiger partial charge is 0.290 e. The summed E-state index contributed by atoms with van der Waals surface area (Å²) in [4.78, 5) is 19.4. The predicted octanol–water partition coefficient (Wildman–Crippen LogP) is 1.72. The Kier molecular flexibility index (Phi) is 2.83. The van der Waals surface area contributed by atoms with Gasteiger partial charge in [0.05, 0.1) is 5.92 Å². The Balaban J connectivity index is 2.20. The zero-order valence-corrected chi connectivity index (χ0v) is 8.96. The van der Waals surface area contributed by atoms with Gasteiger partial charge in [-0.05, 0) is 6.08 Å². The molecule has 0 radical (unpaired) electrons. The Morgan fingerprint density at radius 2 is 2.33 bits per heavy atom. The van der Waals surface area contributed by atoms with E-state index in [9.17, 15) is 4.79 Å². The van der Waals surface area contributed by atoms with Gasteiger partial charge in [-0.1, -0.05) is 23.2 Å². The molecule has 1 aliphatic rings. The summed E-state index contributed by atoms with van der Waals surface area (Å²) in [7, 11) is 0. The highest BCUT2D eigenvalue weighted by Gasteiger charge is 2.24. The molecule has 0 spiro atoms. The normalized spacial score (nSPS) is 20.8. The number of rotatable bonds is 2. The van der Waals surface area contributed by atoms with Crippen molar-refractivity contribution in [1.29, 1.82) is 0 Å². The fourth-order valence-electron chi connectivity index (χ4n) is 1.27. The second kappa shape index (κ2) is 4.12. The summed E-state index contributed by atoms with van der Waals surface area (Å²) in [6.07, 6.45) is 3.17. The highest BCUT2D eigenvalue weighted by molar-refractivity contribution is 6.66. The van der Waals surface area contributed by atoms with E-state index in [-0.39, 0.29) is 16.8 Å². The molecule has 1 aromatic rings. The number of hydrogen-bond acceptors (Lipinski definition) is 4. The van der Waals surface area contributed by atoms with Crippen LogP contribution in [-0.2, 0) is 0 Å². The Labute approximate surface area is 95.2 Å². The van der Waals surface area contributed by atoms with Crippen LogP contribution in [0.4, 0.5) is 0 Å². The number of aliphatic imine (C=N–C) groups is 1. The van der Waals surface area contributed by atoms with Gasteiger partial charge in [0.1, 0.15) is 16.7 Å². The average Bonchev–Trinajstić information content (AvgIpc) is 2.67. The maximum absolute atomic E-state index is 11.8. The molecular weight excluding hydrogens is 239 g/mol. The first-order valence-corrected chi connectivity index (χ1v) is 4.92. The lowest BCUT2D eigenvalue weighted by Crippen LogP contribution is -2.18. The highest BCUT2D eigenvalue weighted by Crippen LogP contribution is 2.23. The summed E-state index contributed by atoms with van der Waals surface area (Å²) < 4.78 is 0. The number of hydrogen-bond donors (Lipinski definition) is 1. The van der Waals surface area contributed by atoms with E-state index in [0.29, 0.717) is 11.6 Å². The van der Waals surface area contributed by atoms with E-state index in [0.717, 1.165) is 0 Å². The summed E-state index contributed by atoms with van der Waals surface area (Å²) >= 11 is 11.4. The smallest absolute Gasteiger partial charge is 0.206 e. The van der Waals surface area contributed by atoms with Crippen LogP contribution in [-0.4, -0.2) is 26.1 Å². The lowest BCUT2D eigenvalue weighted by atomic mass is 9.99. The SMILES string of the molecule is O=C(c1ncn[nH]1)C1C=C(Cl)N=C(Cl)C1. The summed E-state index contributed by atoms with van der Waals surface area (Å²) in [5, 5.41) is 6.65. The van der Waals surface area contributed by atoms with E-state index in [1.165, 1.54) is 6.33 Å². The minimum Gasteiger partial charge on any atom is -0.290 e. The molecule has 0 amide bonds. The van der Waals surface area contributed by atoms with Gasteiger partial charge in [0.2, 0.25) is 5.78 Å². The number of carbonyl (C=O) groups is 1. The molecule has 1 unspecified atom stereocenters. The van der Waals surface area contributed by atoms with E-state index in [4.69, 9.17) is 23.2 Å². The first-order valence-electron chi connectivity index (χ1n) is 4.17. The molecule has 1 aliphatic heterocycles. The van der Waals surface area contributed by atoms with Crippen LogP contribution in [0.2, 0.25) is 0 Å². The lowest BCUT2D eigenvalue weighted by molar-refractivity contribution is 0.0937. The molecular formula is C8H6Cl2N4O. The predicted molar refractivity (Wildman–Crippen MR) is 56.0 cm³/mol. The van der Waals surface area contributed by atoms with Crippen molar-refractivity contribution in [2.45, 2.75) is 6.42 Å². The maximum Gasteiger partial charge on any atom is 0.206 e. The Hall–Kier alpha value is -1.20. The molecule has 78 valence electrons. The first kappa shape index (κ1) is 10.3. The Morgan fingerprint density at radius 3 is 2.93 bits per heavy atom. The van der Waals surface area contributed by atoms with Crippen LogP contribution in [0.25, 0.3) is 0 Å². The topological polar surface area (TPSA) is 71.0 Å². The number of aromatic amines is 1. The minimum absolute atomic E-state index is 0.196. The zero-order chi connectivity index (χ0) is 10.8. The number of H-pyrrole nitrogens is 1. The van der Waals surface area contributed by atoms with E-state index >= 15 is 0 Å². The van der Waals surface area contributed by atoms with Crippen molar-refractivity contribution >= 4 is 34.2 Å². The van der Waals surface area contributed by atoms with Gasteiger partial charge in [0, 0.05) is 6.42 Å². The fourth-order valence-corrected chi connectivity index (χ4v) is 1.83. The molecule has 5 nitrogen and oxygen atoms in total. The third-order valence-electron chi connectivity index (χ3n) is 1.94. The molecule has 0 saturated carbocycles. The molecule has 1 atom stereocenters. The van der Waals surface area contributed by atoms with Gasteiger partial charge in [-0.3, -0.25) is 9.89 Å². The van der Waals surface area contributed by atoms with Gasteiger partial charge < -0.3 is 0 Å². The first-order chi connectivity index (χ1) is 7.16. The molecule has 0 fully saturated rings. The van der Waals surface area contributed by atoms with Gasteiger partial charge in [0.15, 0.2) is 5.82 Å². The molecule has 2 rings (SSSR count). The van der Waals surface area contributed by atoms with E-state index in [1.807, 2.05) is 0 Å². The second-order valence-electron chi connectivity index (χ2n) is 2.99. The van der Waals surface area contributed by atoms with Crippen molar-refractivity contribution in [2.24, 2.45) is 10.9 Å². The van der Waals surface area contributed by atoms with Crippen LogP contribution in [0.3, 0.4) is 0 Å². The van der Waals surface area contributed by atoms with Gasteiger partial charge in [-0.25, -0.2) is 9.98 Å². The summed E-state index contributed by atoms with van der Waals surface area (Å²) in [6, 6.07) is 0. The number of Topliss-reactive ketones (excluding diaryl/α,β-unsaturated/α-hetero) is 1. The molecule has 2 heterocycles. The number of ketones is 1. The van der Waals surface area contributed by atoms with Crippen molar-refractivity contribution in [3.63, 3.8) is 0 Å². The van der Waals surface area contributed by atoms with Crippen molar-refractivity contribution in [3.05, 3.63) is 23.4 Å². The van der Waals surface area contributed by atoms with Crippen molar-refractivity contribution in [2.75, 3.05) is 0 Å². The molecule has 0 aliphatic carbocycles. The quantitative estimate of drug-likeness (QED) is 0.637. The second-order valence-corrected chi connectivity index (χ2v) is 3.81. The maximum atomic E-state index is 11.8. The van der Waals surface area contributed by atoms with Crippen LogP contribution < -0.4 is 0 Å². The number of carbonyl (C=O) groups excluding carboxylic acids is 1.